The molecule has 0 radical (unpaired) electrons. The first-order valence-electron chi connectivity index (χ1n) is 5.91. The lowest BCUT2D eigenvalue weighted by Crippen LogP contribution is -2.17. The summed E-state index contributed by atoms with van der Waals surface area (Å²) in [6.45, 7) is 8.67. The normalized spacial score (nSPS) is 24.8. The minimum absolute atomic E-state index is 0.460. The molecule has 3 heteroatoms. The maximum absolute atomic E-state index is 4.50. The van der Waals surface area contributed by atoms with Gasteiger partial charge in [0.25, 0.3) is 0 Å². The number of hydrogen-bond donors (Lipinski definition) is 1. The van der Waals surface area contributed by atoms with Crippen LogP contribution >= 0.6 is 0 Å². The Morgan fingerprint density at radius 1 is 1.60 bits per heavy atom. The van der Waals surface area contributed by atoms with Crippen LogP contribution in [0.1, 0.15) is 38.9 Å². The standard InChI is InChI=1S/C12H21N3/c1-9(2)15-5-4-12(14-15)8-13-7-11-6-10(11)3/h4-5,9-11,13H,6-8H2,1-3H3. The van der Waals surface area contributed by atoms with Crippen LogP contribution in [0.25, 0.3) is 0 Å². The molecule has 2 atom stereocenters. The molecular formula is C12H21N3. The van der Waals surface area contributed by atoms with Gasteiger partial charge in [-0.1, -0.05) is 6.92 Å². The molecule has 0 saturated heterocycles. The Morgan fingerprint density at radius 2 is 2.33 bits per heavy atom. The summed E-state index contributed by atoms with van der Waals surface area (Å²) in [5, 5.41) is 7.97. The van der Waals surface area contributed by atoms with E-state index in [1.807, 2.05) is 4.68 Å². The smallest absolute Gasteiger partial charge is 0.0762 e. The predicted molar refractivity (Wildman–Crippen MR) is 61.6 cm³/mol. The van der Waals surface area contributed by atoms with Crippen molar-refractivity contribution in [3.05, 3.63) is 18.0 Å². The van der Waals surface area contributed by atoms with E-state index in [9.17, 15) is 0 Å². The number of rotatable bonds is 5. The van der Waals surface area contributed by atoms with Crippen molar-refractivity contribution in [2.75, 3.05) is 6.54 Å². The van der Waals surface area contributed by atoms with Crippen LogP contribution in [-0.2, 0) is 6.54 Å². The predicted octanol–water partition coefficient (Wildman–Crippen LogP) is 2.21. The van der Waals surface area contributed by atoms with Gasteiger partial charge in [-0.2, -0.15) is 5.10 Å². The second-order valence-corrected chi connectivity index (χ2v) is 4.98. The van der Waals surface area contributed by atoms with Gasteiger partial charge < -0.3 is 5.32 Å². The van der Waals surface area contributed by atoms with Crippen LogP contribution in [0.15, 0.2) is 12.3 Å². The van der Waals surface area contributed by atoms with Gasteiger partial charge in [0.2, 0.25) is 0 Å². The molecule has 1 aliphatic carbocycles. The Labute approximate surface area is 91.9 Å². The van der Waals surface area contributed by atoms with Crippen molar-refractivity contribution in [3.8, 4) is 0 Å². The highest BCUT2D eigenvalue weighted by Gasteiger charge is 2.31. The fourth-order valence-electron chi connectivity index (χ4n) is 1.83. The molecule has 1 N–H and O–H groups in total. The van der Waals surface area contributed by atoms with Crippen LogP contribution < -0.4 is 5.32 Å². The molecule has 1 aromatic rings. The highest BCUT2D eigenvalue weighted by molar-refractivity contribution is 4.99. The van der Waals surface area contributed by atoms with Gasteiger partial charge >= 0.3 is 0 Å². The average molecular weight is 207 g/mol. The lowest BCUT2D eigenvalue weighted by molar-refractivity contribution is 0.519. The summed E-state index contributed by atoms with van der Waals surface area (Å²) >= 11 is 0. The van der Waals surface area contributed by atoms with Gasteiger partial charge in [0.05, 0.1) is 5.69 Å². The molecule has 1 aliphatic rings. The summed E-state index contributed by atoms with van der Waals surface area (Å²) in [5.41, 5.74) is 1.15. The van der Waals surface area contributed by atoms with Gasteiger partial charge in [0.15, 0.2) is 0 Å². The van der Waals surface area contributed by atoms with E-state index in [0.717, 1.165) is 30.6 Å². The molecule has 0 bridgehead atoms. The van der Waals surface area contributed by atoms with E-state index in [4.69, 9.17) is 0 Å². The van der Waals surface area contributed by atoms with Gasteiger partial charge in [0.1, 0.15) is 0 Å². The minimum atomic E-state index is 0.460. The molecule has 0 aromatic carbocycles. The maximum atomic E-state index is 4.50. The second kappa shape index (κ2) is 4.35. The first-order valence-corrected chi connectivity index (χ1v) is 5.91. The summed E-state index contributed by atoms with van der Waals surface area (Å²) in [6, 6.07) is 2.56. The van der Waals surface area contributed by atoms with E-state index < -0.39 is 0 Å². The van der Waals surface area contributed by atoms with Crippen molar-refractivity contribution in [1.29, 1.82) is 0 Å². The molecule has 1 fully saturated rings. The van der Waals surface area contributed by atoms with E-state index in [0.29, 0.717) is 6.04 Å². The van der Waals surface area contributed by atoms with Crippen LogP contribution in [0.3, 0.4) is 0 Å². The van der Waals surface area contributed by atoms with Crippen LogP contribution in [0.2, 0.25) is 0 Å². The molecule has 15 heavy (non-hydrogen) atoms. The van der Waals surface area contributed by atoms with Crippen molar-refractivity contribution < 1.29 is 0 Å². The molecule has 0 spiro atoms. The Hall–Kier alpha value is -0.830. The van der Waals surface area contributed by atoms with E-state index in [1.165, 1.54) is 6.42 Å². The minimum Gasteiger partial charge on any atom is -0.311 e. The summed E-state index contributed by atoms with van der Waals surface area (Å²) in [4.78, 5) is 0. The van der Waals surface area contributed by atoms with E-state index in [2.05, 4.69) is 43.4 Å². The third kappa shape index (κ3) is 2.81. The molecule has 1 saturated carbocycles. The van der Waals surface area contributed by atoms with Crippen molar-refractivity contribution in [3.63, 3.8) is 0 Å². The van der Waals surface area contributed by atoms with E-state index in [-0.39, 0.29) is 0 Å². The highest BCUT2D eigenvalue weighted by atomic mass is 15.3. The van der Waals surface area contributed by atoms with E-state index >= 15 is 0 Å². The molecular weight excluding hydrogens is 186 g/mol. The molecule has 0 aliphatic heterocycles. The lowest BCUT2D eigenvalue weighted by Gasteiger charge is -2.04. The van der Waals surface area contributed by atoms with E-state index in [1.54, 1.807) is 0 Å². The van der Waals surface area contributed by atoms with Crippen LogP contribution in [0.4, 0.5) is 0 Å². The summed E-state index contributed by atoms with van der Waals surface area (Å²) in [5.74, 6) is 1.85. The molecule has 0 amide bonds. The van der Waals surface area contributed by atoms with Crippen molar-refractivity contribution in [2.24, 2.45) is 11.8 Å². The first kappa shape index (κ1) is 10.7. The summed E-state index contributed by atoms with van der Waals surface area (Å²) in [7, 11) is 0. The van der Waals surface area contributed by atoms with Gasteiger partial charge in [-0.05, 0) is 44.7 Å². The quantitative estimate of drug-likeness (QED) is 0.802. The molecule has 1 heterocycles. The van der Waals surface area contributed by atoms with Crippen LogP contribution in [-0.4, -0.2) is 16.3 Å². The fraction of sp³-hybridized carbons (Fsp3) is 0.750. The van der Waals surface area contributed by atoms with Crippen molar-refractivity contribution in [2.45, 2.75) is 39.8 Å². The Kier molecular flexibility index (Phi) is 3.10. The Balaban J connectivity index is 1.73. The third-order valence-corrected chi connectivity index (χ3v) is 3.18. The summed E-state index contributed by atoms with van der Waals surface area (Å²) < 4.78 is 2.01. The third-order valence-electron chi connectivity index (χ3n) is 3.18. The van der Waals surface area contributed by atoms with Crippen molar-refractivity contribution >= 4 is 0 Å². The van der Waals surface area contributed by atoms with Gasteiger partial charge in [-0.25, -0.2) is 0 Å². The van der Waals surface area contributed by atoms with Crippen molar-refractivity contribution in [1.82, 2.24) is 15.1 Å². The summed E-state index contributed by atoms with van der Waals surface area (Å²) in [6.07, 6.45) is 3.45. The maximum Gasteiger partial charge on any atom is 0.0762 e. The first-order chi connectivity index (χ1) is 7.16. The van der Waals surface area contributed by atoms with Gasteiger partial charge in [-0.3, -0.25) is 4.68 Å². The zero-order chi connectivity index (χ0) is 10.8. The van der Waals surface area contributed by atoms with Crippen LogP contribution in [0.5, 0.6) is 0 Å². The average Bonchev–Trinajstić information content (AvgIpc) is 2.71. The number of hydrogen-bond acceptors (Lipinski definition) is 2. The topological polar surface area (TPSA) is 29.9 Å². The number of nitrogens with one attached hydrogen (secondary N) is 1. The molecule has 2 rings (SSSR count). The fourth-order valence-corrected chi connectivity index (χ4v) is 1.83. The van der Waals surface area contributed by atoms with Gasteiger partial charge in [-0.15, -0.1) is 0 Å². The Bertz CT molecular complexity index is 316. The van der Waals surface area contributed by atoms with Crippen LogP contribution in [0, 0.1) is 11.8 Å². The number of aromatic nitrogens is 2. The highest BCUT2D eigenvalue weighted by Crippen LogP contribution is 2.36. The monoisotopic (exact) mass is 207 g/mol. The SMILES string of the molecule is CC1CC1CNCc1ccn(C(C)C)n1. The molecule has 3 nitrogen and oxygen atoms in total. The number of nitrogens with zero attached hydrogens (tertiary/aromatic N) is 2. The second-order valence-electron chi connectivity index (χ2n) is 4.98. The Morgan fingerprint density at radius 3 is 2.87 bits per heavy atom. The molecule has 1 aromatic heterocycles. The zero-order valence-corrected chi connectivity index (χ0v) is 9.90. The molecule has 2 unspecified atom stereocenters. The largest absolute Gasteiger partial charge is 0.311 e. The lowest BCUT2D eigenvalue weighted by atomic mass is 10.3. The van der Waals surface area contributed by atoms with Gasteiger partial charge in [0, 0.05) is 18.8 Å². The zero-order valence-electron chi connectivity index (χ0n) is 9.90. The molecule has 84 valence electrons.